The van der Waals surface area contributed by atoms with Crippen LogP contribution in [0.15, 0.2) is 10.2 Å². The van der Waals surface area contributed by atoms with Crippen LogP contribution in [0.4, 0.5) is 0 Å². The summed E-state index contributed by atoms with van der Waals surface area (Å²) in [6.45, 7) is 9.36. The standard InChI is InChI=1S/C8H18N2O2/c1-6-8(5,12-11)10-9-7(2,3)4/h11H,6H2,1-5H3/b10-9+. The largest absolute Gasteiger partial charge is 0.249 e. The van der Waals surface area contributed by atoms with Crippen molar-refractivity contribution < 1.29 is 10.1 Å². The van der Waals surface area contributed by atoms with Gasteiger partial charge in [-0.05, 0) is 34.1 Å². The SMILES string of the molecule is CCC(C)(/N=N/C(C)(C)C)OO. The smallest absolute Gasteiger partial charge is 0.209 e. The summed E-state index contributed by atoms with van der Waals surface area (Å²) in [6.07, 6.45) is 0.586. The summed E-state index contributed by atoms with van der Waals surface area (Å²) in [5.41, 5.74) is -1.12. The molecule has 0 saturated heterocycles. The number of azo groups is 1. The maximum atomic E-state index is 8.53. The van der Waals surface area contributed by atoms with E-state index in [0.29, 0.717) is 6.42 Å². The molecule has 0 aliphatic rings. The molecule has 0 radical (unpaired) electrons. The van der Waals surface area contributed by atoms with Crippen molar-refractivity contribution in [2.45, 2.75) is 52.3 Å². The second-order valence-electron chi connectivity index (χ2n) is 3.99. The van der Waals surface area contributed by atoms with E-state index in [1.54, 1.807) is 6.92 Å². The van der Waals surface area contributed by atoms with Crippen molar-refractivity contribution in [2.75, 3.05) is 0 Å². The van der Waals surface area contributed by atoms with Crippen molar-refractivity contribution in [3.05, 3.63) is 0 Å². The summed E-state index contributed by atoms with van der Waals surface area (Å²) < 4.78 is 0. The van der Waals surface area contributed by atoms with Crippen molar-refractivity contribution in [1.29, 1.82) is 0 Å². The van der Waals surface area contributed by atoms with Crippen LogP contribution < -0.4 is 0 Å². The van der Waals surface area contributed by atoms with Gasteiger partial charge in [0.25, 0.3) is 0 Å². The maximum absolute atomic E-state index is 8.53. The first-order valence-corrected chi connectivity index (χ1v) is 4.09. The molecule has 0 fully saturated rings. The lowest BCUT2D eigenvalue weighted by atomic mass is 10.1. The van der Waals surface area contributed by atoms with Gasteiger partial charge >= 0.3 is 0 Å². The third-order valence-corrected chi connectivity index (χ3v) is 1.41. The summed E-state index contributed by atoms with van der Waals surface area (Å²) in [5, 5.41) is 16.5. The first-order valence-electron chi connectivity index (χ1n) is 4.09. The molecule has 0 aromatic carbocycles. The van der Waals surface area contributed by atoms with Crippen LogP contribution >= 0.6 is 0 Å². The van der Waals surface area contributed by atoms with Gasteiger partial charge in [-0.25, -0.2) is 10.1 Å². The van der Waals surface area contributed by atoms with E-state index < -0.39 is 5.72 Å². The van der Waals surface area contributed by atoms with Gasteiger partial charge in [0.05, 0.1) is 5.54 Å². The third kappa shape index (κ3) is 4.41. The highest BCUT2D eigenvalue weighted by atomic mass is 17.1. The van der Waals surface area contributed by atoms with Crippen LogP contribution in [0.5, 0.6) is 0 Å². The molecule has 0 amide bonds. The first kappa shape index (κ1) is 11.5. The second-order valence-corrected chi connectivity index (χ2v) is 3.99. The maximum Gasteiger partial charge on any atom is 0.209 e. The van der Waals surface area contributed by atoms with Crippen LogP contribution in [0.2, 0.25) is 0 Å². The zero-order valence-corrected chi connectivity index (χ0v) is 8.46. The van der Waals surface area contributed by atoms with E-state index in [0.717, 1.165) is 0 Å². The third-order valence-electron chi connectivity index (χ3n) is 1.41. The molecule has 0 spiro atoms. The average molecular weight is 174 g/mol. The lowest BCUT2D eigenvalue weighted by molar-refractivity contribution is -0.318. The summed E-state index contributed by atoms with van der Waals surface area (Å²) in [5.74, 6) is 0. The average Bonchev–Trinajstić information content (AvgIpc) is 1.99. The Bertz CT molecular complexity index is 157. The molecular formula is C8H18N2O2. The van der Waals surface area contributed by atoms with Crippen molar-refractivity contribution in [2.24, 2.45) is 10.2 Å². The molecule has 0 saturated carbocycles. The van der Waals surface area contributed by atoms with Gasteiger partial charge in [0.15, 0.2) is 0 Å². The first-order chi connectivity index (χ1) is 5.33. The molecular weight excluding hydrogens is 156 g/mol. The number of rotatable bonds is 3. The second kappa shape index (κ2) is 3.96. The highest BCUT2D eigenvalue weighted by molar-refractivity contribution is 4.71. The Balaban J connectivity index is 4.30. The van der Waals surface area contributed by atoms with Crippen molar-refractivity contribution in [3.63, 3.8) is 0 Å². The normalized spacial score (nSPS) is 18.2. The van der Waals surface area contributed by atoms with Gasteiger partial charge in [0.2, 0.25) is 5.72 Å². The molecule has 4 heteroatoms. The molecule has 0 bridgehead atoms. The van der Waals surface area contributed by atoms with Crippen molar-refractivity contribution in [3.8, 4) is 0 Å². The van der Waals surface area contributed by atoms with E-state index in [1.807, 2.05) is 27.7 Å². The number of hydrogen-bond acceptors (Lipinski definition) is 4. The Hall–Kier alpha value is -0.480. The molecule has 0 aliphatic heterocycles. The monoisotopic (exact) mass is 174 g/mol. The van der Waals surface area contributed by atoms with E-state index >= 15 is 0 Å². The highest BCUT2D eigenvalue weighted by Gasteiger charge is 2.23. The summed E-state index contributed by atoms with van der Waals surface area (Å²) >= 11 is 0. The topological polar surface area (TPSA) is 54.2 Å². The van der Waals surface area contributed by atoms with Crippen LogP contribution in [0.3, 0.4) is 0 Å². The lowest BCUT2D eigenvalue weighted by Crippen LogP contribution is -2.24. The quantitative estimate of drug-likeness (QED) is 0.406. The summed E-state index contributed by atoms with van der Waals surface area (Å²) in [7, 11) is 0. The lowest BCUT2D eigenvalue weighted by Gasteiger charge is -2.19. The molecule has 0 aromatic heterocycles. The Morgan fingerprint density at radius 3 is 1.92 bits per heavy atom. The van der Waals surface area contributed by atoms with Crippen LogP contribution in [-0.2, 0) is 4.89 Å². The number of nitrogens with zero attached hydrogens (tertiary/aromatic N) is 2. The van der Waals surface area contributed by atoms with Crippen LogP contribution in [0.25, 0.3) is 0 Å². The molecule has 0 heterocycles. The van der Waals surface area contributed by atoms with Gasteiger partial charge in [-0.15, -0.1) is 0 Å². The minimum absolute atomic E-state index is 0.227. The zero-order chi connectivity index (χ0) is 9.83. The fourth-order valence-electron chi connectivity index (χ4n) is 0.409. The molecule has 1 unspecified atom stereocenters. The van der Waals surface area contributed by atoms with Gasteiger partial charge in [-0.1, -0.05) is 6.92 Å². The zero-order valence-electron chi connectivity index (χ0n) is 8.46. The van der Waals surface area contributed by atoms with Crippen LogP contribution in [0, 0.1) is 0 Å². The fraction of sp³-hybridized carbons (Fsp3) is 1.00. The molecule has 12 heavy (non-hydrogen) atoms. The Labute approximate surface area is 73.6 Å². The highest BCUT2D eigenvalue weighted by Crippen LogP contribution is 2.18. The van der Waals surface area contributed by atoms with Crippen molar-refractivity contribution in [1.82, 2.24) is 0 Å². The molecule has 0 rings (SSSR count). The van der Waals surface area contributed by atoms with E-state index in [1.165, 1.54) is 0 Å². The summed E-state index contributed by atoms with van der Waals surface area (Å²) in [4.78, 5) is 4.22. The molecule has 72 valence electrons. The van der Waals surface area contributed by atoms with Crippen molar-refractivity contribution >= 4 is 0 Å². The minimum Gasteiger partial charge on any atom is -0.249 e. The minimum atomic E-state index is -0.896. The van der Waals surface area contributed by atoms with Gasteiger partial charge in [0.1, 0.15) is 0 Å². The Morgan fingerprint density at radius 1 is 1.17 bits per heavy atom. The molecule has 0 aliphatic carbocycles. The molecule has 1 N–H and O–H groups in total. The van der Waals surface area contributed by atoms with Crippen LogP contribution in [0.1, 0.15) is 41.0 Å². The predicted octanol–water partition coefficient (Wildman–Crippen LogP) is 2.85. The number of hydrogen-bond donors (Lipinski definition) is 1. The van der Waals surface area contributed by atoms with Gasteiger partial charge in [0, 0.05) is 0 Å². The Morgan fingerprint density at radius 2 is 1.67 bits per heavy atom. The van der Waals surface area contributed by atoms with E-state index in [4.69, 9.17) is 5.26 Å². The van der Waals surface area contributed by atoms with E-state index in [9.17, 15) is 0 Å². The summed E-state index contributed by atoms with van der Waals surface area (Å²) in [6, 6.07) is 0. The van der Waals surface area contributed by atoms with E-state index in [-0.39, 0.29) is 5.54 Å². The molecule has 0 aromatic rings. The predicted molar refractivity (Wildman–Crippen MR) is 47.0 cm³/mol. The molecule has 1 atom stereocenters. The van der Waals surface area contributed by atoms with Gasteiger partial charge in [-0.3, -0.25) is 0 Å². The fourth-order valence-corrected chi connectivity index (χ4v) is 0.409. The van der Waals surface area contributed by atoms with Crippen LogP contribution in [-0.4, -0.2) is 16.5 Å². The van der Waals surface area contributed by atoms with Gasteiger partial charge < -0.3 is 0 Å². The molecule has 4 nitrogen and oxygen atoms in total. The van der Waals surface area contributed by atoms with Gasteiger partial charge in [-0.2, -0.15) is 10.2 Å². The van der Waals surface area contributed by atoms with E-state index in [2.05, 4.69) is 15.1 Å². The Kier molecular flexibility index (Phi) is 3.80.